The second kappa shape index (κ2) is 14.0. The third-order valence-corrected chi connectivity index (χ3v) is 18.4. The van der Waals surface area contributed by atoms with Gasteiger partial charge in [0.15, 0.2) is 0 Å². The van der Waals surface area contributed by atoms with Crippen LogP contribution >= 0.6 is 0 Å². The van der Waals surface area contributed by atoms with Gasteiger partial charge in [-0.1, -0.05) is 247 Å². The summed E-state index contributed by atoms with van der Waals surface area (Å²) in [4.78, 5) is 0. The van der Waals surface area contributed by atoms with Crippen molar-refractivity contribution in [2.45, 2.75) is 90.9 Å². The van der Waals surface area contributed by atoms with Gasteiger partial charge in [-0.3, -0.25) is 0 Å². The molecule has 0 nitrogen and oxygen atoms in total. The summed E-state index contributed by atoms with van der Waals surface area (Å²) in [6.45, 7) is 5.05. The zero-order valence-electron chi connectivity index (χ0n) is 36.8. The second-order valence-electron chi connectivity index (χ2n) is 20.3. The number of hydrogen-bond acceptors (Lipinski definition) is 0. The fraction of sp³-hybridized carbons (Fsp3) is 0.323. The number of rotatable bonds is 14. The van der Waals surface area contributed by atoms with Crippen LogP contribution in [0.1, 0.15) is 90.9 Å². The molecule has 62 heavy (non-hydrogen) atoms. The van der Waals surface area contributed by atoms with Gasteiger partial charge in [0.25, 0.3) is 0 Å². The van der Waals surface area contributed by atoms with Crippen LogP contribution in [-0.2, 0) is 0 Å². The van der Waals surface area contributed by atoms with E-state index in [2.05, 4.69) is 196 Å². The molecule has 12 aliphatic carbocycles. The Morgan fingerprint density at radius 2 is 0.435 bits per heavy atom. The predicted octanol–water partition coefficient (Wildman–Crippen LogP) is 15.9. The molecule has 308 valence electrons. The number of allylic oxidation sites excluding steroid dienone is 42. The quantitative estimate of drug-likeness (QED) is 0.153. The fourth-order valence-electron chi connectivity index (χ4n) is 15.4. The molecule has 12 rings (SSSR count). The van der Waals surface area contributed by atoms with E-state index in [9.17, 15) is 0 Å². The van der Waals surface area contributed by atoms with E-state index < -0.39 is 0 Å². The van der Waals surface area contributed by atoms with Crippen molar-refractivity contribution >= 4 is 0 Å². The zero-order valence-corrected chi connectivity index (χ0v) is 36.8. The molecule has 0 aromatic heterocycles. The first-order valence-corrected chi connectivity index (χ1v) is 24.1. The third-order valence-electron chi connectivity index (χ3n) is 18.4. The molecule has 12 aliphatic rings. The molecule has 0 saturated carbocycles. The highest BCUT2D eigenvalue weighted by Gasteiger charge is 2.61. The standard InChI is InChI=1S/C62H60/c1-57-45-17-11-21-49-33-34-50(22-12-18-46(57)30-29-45)59(49,57)41-7-3-5-9-43-61-53-25-15-27-55-39-40-56(28-16-26-54(61)38-37-53)62(55,61)44-10-6-4-8-42-60-51-23-13-19-47-31-32-48(58(47,60)2)20-14-24-52(60)36-35-51/h11-40H,3-10,41-44H2,1-2H3. The van der Waals surface area contributed by atoms with E-state index in [0.29, 0.717) is 0 Å². The van der Waals surface area contributed by atoms with Crippen LogP contribution in [0.25, 0.3) is 0 Å². The van der Waals surface area contributed by atoms with Gasteiger partial charge in [0.2, 0.25) is 0 Å². The van der Waals surface area contributed by atoms with E-state index in [1.807, 2.05) is 0 Å². The van der Waals surface area contributed by atoms with Crippen LogP contribution in [0.4, 0.5) is 0 Å². The average molecular weight is 805 g/mol. The largest absolute Gasteiger partial charge is 0.0617 e. The Kier molecular flexibility index (Phi) is 8.65. The van der Waals surface area contributed by atoms with Crippen LogP contribution in [0.2, 0.25) is 0 Å². The minimum absolute atomic E-state index is 0.00227. The van der Waals surface area contributed by atoms with Crippen molar-refractivity contribution in [1.82, 2.24) is 0 Å². The molecule has 0 aliphatic heterocycles. The summed E-state index contributed by atoms with van der Waals surface area (Å²) in [7, 11) is 0. The van der Waals surface area contributed by atoms with Gasteiger partial charge in [-0.25, -0.2) is 0 Å². The SMILES string of the molecule is CC12C3=CC=C1C=CC=C1C=CC(=CC=C3)C12CCCCCCC12C3=CC=CC4=CC=C(C=CC=C1C=C3)C42CCCCCCC12C3=CC=CC4=CC=C(C=CC=C1C=C3)C42C. The Hall–Kier alpha value is -5.46. The minimum atomic E-state index is -0.0336. The Bertz CT molecular complexity index is 2460. The molecule has 0 aromatic carbocycles. The van der Waals surface area contributed by atoms with Crippen molar-refractivity contribution in [3.63, 3.8) is 0 Å². The topological polar surface area (TPSA) is 0 Å². The first-order chi connectivity index (χ1) is 30.4. The summed E-state index contributed by atoms with van der Waals surface area (Å²) in [5, 5.41) is 0. The molecule has 0 spiro atoms. The van der Waals surface area contributed by atoms with Gasteiger partial charge in [0.05, 0.1) is 0 Å². The second-order valence-corrected chi connectivity index (χ2v) is 20.3. The van der Waals surface area contributed by atoms with Gasteiger partial charge >= 0.3 is 0 Å². The Balaban J connectivity index is 0.756. The molecule has 0 heterocycles. The summed E-state index contributed by atoms with van der Waals surface area (Å²) in [5.74, 6) is 0. The monoisotopic (exact) mass is 804 g/mol. The van der Waals surface area contributed by atoms with Crippen LogP contribution < -0.4 is 0 Å². The lowest BCUT2D eigenvalue weighted by Gasteiger charge is -2.51. The van der Waals surface area contributed by atoms with Gasteiger partial charge in [-0.05, 0) is 92.6 Å². The van der Waals surface area contributed by atoms with E-state index in [1.165, 1.54) is 144 Å². The van der Waals surface area contributed by atoms with Gasteiger partial charge < -0.3 is 0 Å². The lowest BCUT2D eigenvalue weighted by Crippen LogP contribution is -2.44. The average Bonchev–Trinajstić information content (AvgIpc) is 4.06. The number of unbranched alkanes of at least 4 members (excludes halogenated alkanes) is 6. The van der Waals surface area contributed by atoms with Crippen molar-refractivity contribution < 1.29 is 0 Å². The molecule has 0 radical (unpaired) electrons. The summed E-state index contributed by atoms with van der Waals surface area (Å²) in [6, 6.07) is 0. The smallest absolute Gasteiger partial charge is 0.0340 e. The molecule has 0 atom stereocenters. The molecule has 0 fully saturated rings. The highest BCUT2D eigenvalue weighted by Crippen LogP contribution is 2.71. The maximum absolute atomic E-state index is 2.52. The summed E-state index contributed by atoms with van der Waals surface area (Å²) < 4.78 is 0. The first-order valence-electron chi connectivity index (χ1n) is 24.1. The van der Waals surface area contributed by atoms with Crippen molar-refractivity contribution in [1.29, 1.82) is 0 Å². The highest BCUT2D eigenvalue weighted by atomic mass is 14.6. The van der Waals surface area contributed by atoms with E-state index in [0.717, 1.165) is 0 Å². The van der Waals surface area contributed by atoms with Crippen molar-refractivity contribution in [3.8, 4) is 0 Å². The van der Waals surface area contributed by atoms with Crippen LogP contribution in [0.5, 0.6) is 0 Å². The van der Waals surface area contributed by atoms with Crippen LogP contribution in [0.15, 0.2) is 249 Å². The molecule has 0 bridgehead atoms. The van der Waals surface area contributed by atoms with Gasteiger partial charge in [-0.15, -0.1) is 0 Å². The fourth-order valence-corrected chi connectivity index (χ4v) is 15.4. The van der Waals surface area contributed by atoms with Crippen molar-refractivity contribution in [2.24, 2.45) is 32.5 Å². The first kappa shape index (κ1) is 38.2. The van der Waals surface area contributed by atoms with Gasteiger partial charge in [0, 0.05) is 32.5 Å². The van der Waals surface area contributed by atoms with Gasteiger partial charge in [-0.2, -0.15) is 0 Å². The van der Waals surface area contributed by atoms with E-state index in [4.69, 9.17) is 0 Å². The van der Waals surface area contributed by atoms with Gasteiger partial charge in [0.1, 0.15) is 0 Å². The molecule has 0 heteroatoms. The molecule has 0 amide bonds. The minimum Gasteiger partial charge on any atom is -0.0617 e. The molecule has 0 aromatic rings. The molecule has 0 saturated heterocycles. The lowest BCUT2D eigenvalue weighted by atomic mass is 9.50. The van der Waals surface area contributed by atoms with Crippen LogP contribution in [-0.4, -0.2) is 0 Å². The third kappa shape index (κ3) is 4.74. The molecule has 0 unspecified atom stereocenters. The maximum Gasteiger partial charge on any atom is 0.0340 e. The maximum atomic E-state index is 2.52. The zero-order chi connectivity index (χ0) is 41.6. The molecular weight excluding hydrogens is 745 g/mol. The van der Waals surface area contributed by atoms with E-state index >= 15 is 0 Å². The van der Waals surface area contributed by atoms with E-state index in [1.54, 1.807) is 0 Å². The summed E-state index contributed by atoms with van der Waals surface area (Å²) >= 11 is 0. The Morgan fingerprint density at radius 1 is 0.226 bits per heavy atom. The van der Waals surface area contributed by atoms with Crippen molar-refractivity contribution in [2.75, 3.05) is 0 Å². The van der Waals surface area contributed by atoms with E-state index in [-0.39, 0.29) is 32.5 Å². The Morgan fingerprint density at radius 3 is 0.726 bits per heavy atom. The normalized spacial score (nSPS) is 35.7. The predicted molar refractivity (Wildman–Crippen MR) is 261 cm³/mol. The molecule has 0 N–H and O–H groups in total. The number of hydrogen-bond donors (Lipinski definition) is 0. The van der Waals surface area contributed by atoms with Crippen molar-refractivity contribution in [3.05, 3.63) is 249 Å². The lowest BCUT2D eigenvalue weighted by molar-refractivity contribution is 0.179. The molecular formula is C62H60. The van der Waals surface area contributed by atoms with Crippen LogP contribution in [0, 0.1) is 32.5 Å². The van der Waals surface area contributed by atoms with Crippen LogP contribution in [0.3, 0.4) is 0 Å². The highest BCUT2D eigenvalue weighted by molar-refractivity contribution is 5.70. The summed E-state index contributed by atoms with van der Waals surface area (Å²) in [5.41, 5.74) is 17.8. The Labute approximate surface area is 370 Å². The summed E-state index contributed by atoms with van der Waals surface area (Å²) in [6.07, 6.45) is 86.7.